The summed E-state index contributed by atoms with van der Waals surface area (Å²) >= 11 is 0. The van der Waals surface area contributed by atoms with Crippen LogP contribution in [0.1, 0.15) is 39.1 Å². The number of rotatable bonds is 3. The highest BCUT2D eigenvalue weighted by Gasteiger charge is 2.59. The molecule has 3 atom stereocenters. The van der Waals surface area contributed by atoms with Gasteiger partial charge in [0.25, 0.3) is 11.8 Å². The summed E-state index contributed by atoms with van der Waals surface area (Å²) in [7, 11) is 6.43. The van der Waals surface area contributed by atoms with E-state index in [0.29, 0.717) is 11.3 Å². The minimum absolute atomic E-state index is 0.0366. The number of primary amides is 1. The van der Waals surface area contributed by atoms with E-state index in [1.807, 2.05) is 0 Å². The summed E-state index contributed by atoms with van der Waals surface area (Å²) in [6.07, 6.45) is -0.0989. The van der Waals surface area contributed by atoms with Crippen molar-refractivity contribution < 1.29 is 39.6 Å². The zero-order chi connectivity index (χ0) is 26.1. The minimum atomic E-state index is -2.63. The van der Waals surface area contributed by atoms with Crippen molar-refractivity contribution >= 4 is 29.1 Å². The fourth-order valence-electron chi connectivity index (χ4n) is 5.47. The topological polar surface area (TPSA) is 182 Å². The lowest BCUT2D eigenvalue weighted by molar-refractivity contribution is -0.144. The highest BCUT2D eigenvalue weighted by molar-refractivity contribution is 6.24. The molecule has 0 saturated heterocycles. The van der Waals surface area contributed by atoms with Gasteiger partial charge in [0, 0.05) is 51.8 Å². The monoisotopic (exact) mass is 485 g/mol. The molecule has 4 rings (SSSR count). The fraction of sp³-hybridized carbons (Fsp3) is 0.417. The van der Waals surface area contributed by atoms with Gasteiger partial charge in [0.1, 0.15) is 22.8 Å². The normalized spacial score (nSPS) is 25.6. The van der Waals surface area contributed by atoms with Gasteiger partial charge in [-0.05, 0) is 30.4 Å². The Morgan fingerprint density at radius 2 is 1.71 bits per heavy atom. The largest absolute Gasteiger partial charge is 0.511 e. The molecule has 0 unspecified atom stereocenters. The standard InChI is InChI=1S/C24H27N3O8/c1-26(2)13-8-12(23(34)27(3)4)18(29)16-11(13)6-9-5-10-7-14(28)17(22(25)33)21(32)24(10,35)20(31)15(9)19(16)30/h8-10,28-29,31,35H,5-7H2,1-4H3,(H2,25,33)/t9-,10+,24+/m1/s1. The Labute approximate surface area is 200 Å². The molecule has 3 aliphatic carbocycles. The number of aliphatic hydroxyl groups is 3. The second-order valence-electron chi connectivity index (χ2n) is 9.65. The summed E-state index contributed by atoms with van der Waals surface area (Å²) in [5.41, 5.74) is 2.14. The number of allylic oxidation sites excluding steroid dienone is 2. The molecule has 0 saturated carbocycles. The zero-order valence-electron chi connectivity index (χ0n) is 19.7. The Morgan fingerprint density at radius 3 is 2.26 bits per heavy atom. The van der Waals surface area contributed by atoms with Crippen molar-refractivity contribution in [2.75, 3.05) is 33.1 Å². The quantitative estimate of drug-likeness (QED) is 0.377. The third kappa shape index (κ3) is 3.22. The number of nitrogens with zero attached hydrogens (tertiary/aromatic N) is 2. The number of ketones is 2. The van der Waals surface area contributed by atoms with Gasteiger partial charge in [0.15, 0.2) is 11.4 Å². The van der Waals surface area contributed by atoms with Crippen molar-refractivity contribution in [3.05, 3.63) is 45.4 Å². The van der Waals surface area contributed by atoms with Crippen molar-refractivity contribution in [2.45, 2.75) is 24.9 Å². The number of benzene rings is 1. The number of phenolic OH excluding ortho intramolecular Hbond substituents is 1. The molecule has 11 heteroatoms. The van der Waals surface area contributed by atoms with Crippen molar-refractivity contribution in [2.24, 2.45) is 17.6 Å². The molecular formula is C24H27N3O8. The lowest BCUT2D eigenvalue weighted by Crippen LogP contribution is -2.57. The summed E-state index contributed by atoms with van der Waals surface area (Å²) in [4.78, 5) is 54.1. The van der Waals surface area contributed by atoms with Gasteiger partial charge in [0.05, 0.1) is 11.1 Å². The molecule has 0 spiro atoms. The van der Waals surface area contributed by atoms with Crippen LogP contribution in [0.5, 0.6) is 5.75 Å². The Morgan fingerprint density at radius 1 is 1.09 bits per heavy atom. The first-order valence-corrected chi connectivity index (χ1v) is 11.0. The number of aliphatic hydroxyl groups excluding tert-OH is 2. The van der Waals surface area contributed by atoms with Crippen LogP contribution < -0.4 is 10.6 Å². The molecule has 35 heavy (non-hydrogen) atoms. The molecular weight excluding hydrogens is 458 g/mol. The lowest BCUT2D eigenvalue weighted by atomic mass is 9.60. The highest BCUT2D eigenvalue weighted by Crippen LogP contribution is 2.52. The maximum Gasteiger partial charge on any atom is 0.257 e. The first-order chi connectivity index (χ1) is 16.2. The lowest BCUT2D eigenvalue weighted by Gasteiger charge is -2.46. The fourth-order valence-corrected chi connectivity index (χ4v) is 5.47. The molecule has 0 aromatic heterocycles. The van der Waals surface area contributed by atoms with E-state index in [-0.39, 0.29) is 36.0 Å². The Balaban J connectivity index is 1.96. The maximum atomic E-state index is 13.7. The van der Waals surface area contributed by atoms with E-state index in [2.05, 4.69) is 0 Å². The maximum absolute atomic E-state index is 13.7. The number of hydrogen-bond donors (Lipinski definition) is 5. The summed E-state index contributed by atoms with van der Waals surface area (Å²) in [5.74, 6) is -7.64. The molecule has 1 aromatic rings. The van der Waals surface area contributed by atoms with E-state index < -0.39 is 63.7 Å². The van der Waals surface area contributed by atoms with E-state index in [9.17, 15) is 39.6 Å². The van der Waals surface area contributed by atoms with Crippen LogP contribution in [-0.4, -0.2) is 82.5 Å². The molecule has 0 radical (unpaired) electrons. The number of anilines is 1. The Hall–Kier alpha value is -3.86. The molecule has 0 bridgehead atoms. The first-order valence-electron chi connectivity index (χ1n) is 11.0. The SMILES string of the molecule is CN(C)C(=O)c1cc(N(C)C)c2c(c1O)C(=O)C1=C(O)[C@]3(O)C(=O)C(C(N)=O)=C(O)C[C@@H]3C[C@@H]1C2. The van der Waals surface area contributed by atoms with E-state index in [1.54, 1.807) is 19.0 Å². The van der Waals surface area contributed by atoms with Gasteiger partial charge >= 0.3 is 0 Å². The minimum Gasteiger partial charge on any atom is -0.511 e. The van der Waals surface area contributed by atoms with Gasteiger partial charge in [-0.3, -0.25) is 19.2 Å². The molecule has 0 heterocycles. The number of amides is 2. The van der Waals surface area contributed by atoms with Crippen LogP contribution >= 0.6 is 0 Å². The molecule has 186 valence electrons. The predicted octanol–water partition coefficient (Wildman–Crippen LogP) is 0.348. The second-order valence-corrected chi connectivity index (χ2v) is 9.65. The molecule has 11 nitrogen and oxygen atoms in total. The van der Waals surface area contributed by atoms with Gasteiger partial charge in [-0.2, -0.15) is 0 Å². The number of carbonyl (C=O) groups is 4. The van der Waals surface area contributed by atoms with Crippen LogP contribution in [0.3, 0.4) is 0 Å². The third-order valence-electron chi connectivity index (χ3n) is 7.16. The van der Waals surface area contributed by atoms with Gasteiger partial charge in [0.2, 0.25) is 5.78 Å². The number of phenols is 1. The zero-order valence-corrected chi connectivity index (χ0v) is 19.7. The highest BCUT2D eigenvalue weighted by atomic mass is 16.3. The van der Waals surface area contributed by atoms with Crippen molar-refractivity contribution in [1.82, 2.24) is 4.90 Å². The predicted molar refractivity (Wildman–Crippen MR) is 123 cm³/mol. The van der Waals surface area contributed by atoms with E-state index in [1.165, 1.54) is 25.1 Å². The van der Waals surface area contributed by atoms with Crippen LogP contribution in [0, 0.1) is 11.8 Å². The van der Waals surface area contributed by atoms with Crippen LogP contribution in [0.4, 0.5) is 5.69 Å². The second kappa shape index (κ2) is 7.84. The van der Waals surface area contributed by atoms with E-state index in [4.69, 9.17) is 5.73 Å². The first kappa shape index (κ1) is 24.3. The molecule has 6 N–H and O–H groups in total. The van der Waals surface area contributed by atoms with Crippen LogP contribution in [0.25, 0.3) is 0 Å². The Kier molecular flexibility index (Phi) is 5.44. The van der Waals surface area contributed by atoms with Crippen molar-refractivity contribution in [3.8, 4) is 5.75 Å². The number of carbonyl (C=O) groups excluding carboxylic acids is 4. The number of fused-ring (bicyclic) bond motifs is 3. The summed E-state index contributed by atoms with van der Waals surface area (Å²) in [6, 6.07) is 1.50. The number of hydrogen-bond acceptors (Lipinski definition) is 9. The van der Waals surface area contributed by atoms with Crippen molar-refractivity contribution in [3.63, 3.8) is 0 Å². The smallest absolute Gasteiger partial charge is 0.257 e. The number of nitrogens with two attached hydrogens (primary N) is 1. The van der Waals surface area contributed by atoms with Crippen LogP contribution in [0.2, 0.25) is 0 Å². The third-order valence-corrected chi connectivity index (χ3v) is 7.16. The summed E-state index contributed by atoms with van der Waals surface area (Å²) in [6.45, 7) is 0. The summed E-state index contributed by atoms with van der Waals surface area (Å²) < 4.78 is 0. The van der Waals surface area contributed by atoms with E-state index in [0.717, 1.165) is 0 Å². The van der Waals surface area contributed by atoms with E-state index >= 15 is 0 Å². The molecule has 1 aromatic carbocycles. The van der Waals surface area contributed by atoms with Crippen molar-refractivity contribution in [1.29, 1.82) is 0 Å². The van der Waals surface area contributed by atoms with Gasteiger partial charge in [-0.1, -0.05) is 0 Å². The summed E-state index contributed by atoms with van der Waals surface area (Å²) in [5, 5.41) is 43.6. The molecule has 2 amide bonds. The van der Waals surface area contributed by atoms with Gasteiger partial charge in [-0.25, -0.2) is 0 Å². The van der Waals surface area contributed by atoms with Gasteiger partial charge < -0.3 is 36.0 Å². The molecule has 0 fully saturated rings. The molecule has 3 aliphatic rings. The Bertz CT molecular complexity index is 1280. The van der Waals surface area contributed by atoms with Crippen LogP contribution in [0.15, 0.2) is 28.7 Å². The number of Topliss-reactive ketones (excluding diaryl/α,β-unsaturated/α-hetero) is 2. The van der Waals surface area contributed by atoms with Crippen LogP contribution in [-0.2, 0) is 16.0 Å². The van der Waals surface area contributed by atoms with Gasteiger partial charge in [-0.15, -0.1) is 0 Å². The number of aromatic hydroxyl groups is 1. The molecule has 0 aliphatic heterocycles. The average molecular weight is 485 g/mol. The average Bonchev–Trinajstić information content (AvgIpc) is 2.75.